The number of aromatic nitrogens is 2. The Morgan fingerprint density at radius 3 is 2.54 bits per heavy atom. The normalized spacial score (nSPS) is 18.1. The number of hydrogen-bond acceptors (Lipinski definition) is 5. The van der Waals surface area contributed by atoms with Crippen LogP contribution in [-0.2, 0) is 11.2 Å². The summed E-state index contributed by atoms with van der Waals surface area (Å²) in [5, 5.41) is 11.9. The van der Waals surface area contributed by atoms with Crippen LogP contribution in [0.25, 0.3) is 0 Å². The average Bonchev–Trinajstić information content (AvgIpc) is 3.58. The lowest BCUT2D eigenvalue weighted by atomic mass is 9.98. The third-order valence-corrected chi connectivity index (χ3v) is 6.03. The molecule has 2 saturated carbocycles. The van der Waals surface area contributed by atoms with Crippen LogP contribution in [0.4, 0.5) is 0 Å². The van der Waals surface area contributed by atoms with E-state index >= 15 is 0 Å². The van der Waals surface area contributed by atoms with Gasteiger partial charge in [0.2, 0.25) is 11.8 Å². The molecule has 2 aromatic rings. The van der Waals surface area contributed by atoms with Crippen LogP contribution in [-0.4, -0.2) is 27.9 Å². The van der Waals surface area contributed by atoms with Gasteiger partial charge in [0, 0.05) is 12.5 Å². The molecular formula is C20H25N3O2S. The lowest BCUT2D eigenvalue weighted by Crippen LogP contribution is -2.39. The molecule has 0 radical (unpaired) electrons. The number of amides is 1. The van der Waals surface area contributed by atoms with Gasteiger partial charge in [0.25, 0.3) is 5.22 Å². The predicted octanol–water partition coefficient (Wildman–Crippen LogP) is 3.81. The number of benzene rings is 1. The molecular weight excluding hydrogens is 346 g/mol. The Morgan fingerprint density at radius 1 is 1.19 bits per heavy atom. The lowest BCUT2D eigenvalue weighted by Gasteiger charge is -2.17. The number of nitrogens with one attached hydrogen (secondary N) is 1. The van der Waals surface area contributed by atoms with E-state index in [1.54, 1.807) is 0 Å². The van der Waals surface area contributed by atoms with Gasteiger partial charge in [-0.2, -0.15) is 0 Å². The van der Waals surface area contributed by atoms with Crippen molar-refractivity contribution in [3.8, 4) is 0 Å². The molecule has 2 fully saturated rings. The van der Waals surface area contributed by atoms with Crippen LogP contribution in [0.15, 0.2) is 40.0 Å². The number of nitrogens with zero attached hydrogens (tertiary/aromatic N) is 2. The molecule has 26 heavy (non-hydrogen) atoms. The number of carbonyl (C=O) groups excluding carboxylic acids is 1. The maximum atomic E-state index is 12.2. The summed E-state index contributed by atoms with van der Waals surface area (Å²) in [6.45, 7) is 2.15. The zero-order chi connectivity index (χ0) is 17.9. The number of hydrogen-bond donors (Lipinski definition) is 1. The molecule has 1 unspecified atom stereocenters. The summed E-state index contributed by atoms with van der Waals surface area (Å²) in [6, 6.07) is 10.7. The first kappa shape index (κ1) is 17.6. The van der Waals surface area contributed by atoms with Crippen molar-refractivity contribution in [3.63, 3.8) is 0 Å². The van der Waals surface area contributed by atoms with Gasteiger partial charge in [0.05, 0.1) is 5.75 Å². The number of rotatable bonds is 9. The third-order valence-electron chi connectivity index (χ3n) is 5.21. The second kappa shape index (κ2) is 7.82. The Balaban J connectivity index is 1.25. The minimum atomic E-state index is 0.0798. The van der Waals surface area contributed by atoms with Crippen molar-refractivity contribution in [2.75, 3.05) is 5.75 Å². The van der Waals surface area contributed by atoms with E-state index in [2.05, 4.69) is 34.6 Å². The van der Waals surface area contributed by atoms with Crippen LogP contribution in [0.3, 0.4) is 0 Å². The first-order valence-electron chi connectivity index (χ1n) is 9.48. The minimum absolute atomic E-state index is 0.0798. The Labute approximate surface area is 158 Å². The quantitative estimate of drug-likeness (QED) is 0.679. The van der Waals surface area contributed by atoms with Crippen molar-refractivity contribution in [2.24, 2.45) is 11.8 Å². The molecule has 1 aromatic heterocycles. The van der Waals surface area contributed by atoms with E-state index in [4.69, 9.17) is 4.42 Å². The first-order chi connectivity index (χ1) is 12.7. The molecule has 0 spiro atoms. The van der Waals surface area contributed by atoms with Gasteiger partial charge in [-0.1, -0.05) is 49.0 Å². The van der Waals surface area contributed by atoms with Gasteiger partial charge in [0.1, 0.15) is 0 Å². The van der Waals surface area contributed by atoms with E-state index in [1.165, 1.54) is 43.0 Å². The van der Waals surface area contributed by atoms with Crippen molar-refractivity contribution in [3.05, 3.63) is 41.8 Å². The van der Waals surface area contributed by atoms with Gasteiger partial charge in [-0.25, -0.2) is 0 Å². The molecule has 1 aromatic carbocycles. The molecule has 6 heteroatoms. The first-order valence-corrected chi connectivity index (χ1v) is 10.5. The molecule has 5 nitrogen and oxygen atoms in total. The monoisotopic (exact) mass is 371 g/mol. The fourth-order valence-electron chi connectivity index (χ4n) is 3.43. The standard InChI is InChI=1S/C20H25N3O2S/c1-13(14-5-3-2-4-6-14)11-18-22-23-20(25-18)26-12-17(24)21-19(15-7-8-15)16-9-10-16/h2-6,13,15-16,19H,7-12H2,1H3,(H,21,24). The molecule has 0 bridgehead atoms. The van der Waals surface area contributed by atoms with Gasteiger partial charge in [-0.15, -0.1) is 10.2 Å². The molecule has 0 saturated heterocycles. The van der Waals surface area contributed by atoms with Crippen molar-refractivity contribution in [1.29, 1.82) is 0 Å². The second-order valence-electron chi connectivity index (χ2n) is 7.53. The Kier molecular flexibility index (Phi) is 5.29. The molecule has 2 aliphatic carbocycles. The summed E-state index contributed by atoms with van der Waals surface area (Å²) in [5.74, 6) is 2.79. The Bertz CT molecular complexity index is 729. The molecule has 0 aliphatic heterocycles. The third kappa shape index (κ3) is 4.67. The molecule has 1 heterocycles. The van der Waals surface area contributed by atoms with E-state index in [9.17, 15) is 4.79 Å². The van der Waals surface area contributed by atoms with Crippen molar-refractivity contribution >= 4 is 17.7 Å². The lowest BCUT2D eigenvalue weighted by molar-refractivity contribution is -0.119. The molecule has 1 atom stereocenters. The van der Waals surface area contributed by atoms with Crippen LogP contribution in [0.5, 0.6) is 0 Å². The molecule has 4 rings (SSSR count). The fraction of sp³-hybridized carbons (Fsp3) is 0.550. The molecule has 1 N–H and O–H groups in total. The number of thioether (sulfide) groups is 1. The highest BCUT2D eigenvalue weighted by molar-refractivity contribution is 7.99. The van der Waals surface area contributed by atoms with Crippen LogP contribution >= 0.6 is 11.8 Å². The van der Waals surface area contributed by atoms with Crippen molar-refractivity contribution in [1.82, 2.24) is 15.5 Å². The van der Waals surface area contributed by atoms with Crippen LogP contribution in [0.2, 0.25) is 0 Å². The Hall–Kier alpha value is -1.82. The summed E-state index contributed by atoms with van der Waals surface area (Å²) >= 11 is 1.33. The highest BCUT2D eigenvalue weighted by atomic mass is 32.2. The highest BCUT2D eigenvalue weighted by Crippen LogP contribution is 2.44. The maximum absolute atomic E-state index is 12.2. The molecule has 1 amide bonds. The smallest absolute Gasteiger partial charge is 0.277 e. The largest absolute Gasteiger partial charge is 0.416 e. The molecule has 2 aliphatic rings. The highest BCUT2D eigenvalue weighted by Gasteiger charge is 2.42. The van der Waals surface area contributed by atoms with Crippen molar-refractivity contribution < 1.29 is 9.21 Å². The Morgan fingerprint density at radius 2 is 1.88 bits per heavy atom. The van der Waals surface area contributed by atoms with E-state index in [1.807, 2.05) is 18.2 Å². The summed E-state index contributed by atoms with van der Waals surface area (Å²) < 4.78 is 5.71. The zero-order valence-electron chi connectivity index (χ0n) is 15.1. The average molecular weight is 372 g/mol. The topological polar surface area (TPSA) is 68.0 Å². The minimum Gasteiger partial charge on any atom is -0.416 e. The zero-order valence-corrected chi connectivity index (χ0v) is 15.9. The molecule has 138 valence electrons. The van der Waals surface area contributed by atoms with Gasteiger partial charge in [0.15, 0.2) is 0 Å². The van der Waals surface area contributed by atoms with Gasteiger partial charge >= 0.3 is 0 Å². The van der Waals surface area contributed by atoms with E-state index < -0.39 is 0 Å². The SMILES string of the molecule is CC(Cc1nnc(SCC(=O)NC(C2CC2)C2CC2)o1)c1ccccc1. The van der Waals surface area contributed by atoms with Gasteiger partial charge < -0.3 is 9.73 Å². The van der Waals surface area contributed by atoms with Gasteiger partial charge in [-0.3, -0.25) is 4.79 Å². The van der Waals surface area contributed by atoms with Crippen molar-refractivity contribution in [2.45, 2.75) is 56.2 Å². The maximum Gasteiger partial charge on any atom is 0.277 e. The second-order valence-corrected chi connectivity index (χ2v) is 8.46. The predicted molar refractivity (Wildman–Crippen MR) is 101 cm³/mol. The summed E-state index contributed by atoms with van der Waals surface area (Å²) in [4.78, 5) is 12.2. The van der Waals surface area contributed by atoms with Gasteiger partial charge in [-0.05, 0) is 49.0 Å². The fourth-order valence-corrected chi connectivity index (χ4v) is 4.02. The van der Waals surface area contributed by atoms with E-state index in [0.29, 0.717) is 47.1 Å². The van der Waals surface area contributed by atoms with E-state index in [-0.39, 0.29) is 5.91 Å². The number of carbonyl (C=O) groups is 1. The summed E-state index contributed by atoms with van der Waals surface area (Å²) in [6.07, 6.45) is 5.76. The van der Waals surface area contributed by atoms with Crippen LogP contribution in [0.1, 0.15) is 50.0 Å². The van der Waals surface area contributed by atoms with Crippen LogP contribution < -0.4 is 5.32 Å². The van der Waals surface area contributed by atoms with E-state index in [0.717, 1.165) is 0 Å². The summed E-state index contributed by atoms with van der Waals surface area (Å²) in [5.41, 5.74) is 1.26. The van der Waals surface area contributed by atoms with Crippen LogP contribution in [0, 0.1) is 11.8 Å². The summed E-state index contributed by atoms with van der Waals surface area (Å²) in [7, 11) is 0.